The van der Waals surface area contributed by atoms with Crippen LogP contribution in [0.25, 0.3) is 11.1 Å². The quantitative estimate of drug-likeness (QED) is 0.528. The van der Waals surface area contributed by atoms with Gasteiger partial charge in [-0.3, -0.25) is 0 Å². The summed E-state index contributed by atoms with van der Waals surface area (Å²) < 4.78 is 0. The lowest BCUT2D eigenvalue weighted by atomic mass is 10.0. The summed E-state index contributed by atoms with van der Waals surface area (Å²) in [6.45, 7) is 20.4. The number of hydrogen-bond acceptors (Lipinski definition) is 0. The molecule has 0 saturated heterocycles. The molecule has 2 rings (SSSR count). The fourth-order valence-electron chi connectivity index (χ4n) is 1.87. The Balaban J connectivity index is -0.000000484. The zero-order valence-electron chi connectivity index (χ0n) is 18.0. The fourth-order valence-corrected chi connectivity index (χ4v) is 1.87. The van der Waals surface area contributed by atoms with Gasteiger partial charge in [0.05, 0.1) is 0 Å². The summed E-state index contributed by atoms with van der Waals surface area (Å²) in [5, 5.41) is 0. The van der Waals surface area contributed by atoms with Crippen LogP contribution < -0.4 is 0 Å². The number of benzene rings is 2. The van der Waals surface area contributed by atoms with Crippen molar-refractivity contribution < 1.29 is 0 Å². The van der Waals surface area contributed by atoms with Crippen LogP contribution in [0.5, 0.6) is 0 Å². The molecule has 0 heteroatoms. The molecule has 0 aliphatic carbocycles. The van der Waals surface area contributed by atoms with Gasteiger partial charge in [-0.25, -0.2) is 0 Å². The maximum Gasteiger partial charge on any atom is -0.0184 e. The van der Waals surface area contributed by atoms with Crippen LogP contribution in [0.3, 0.4) is 0 Å². The van der Waals surface area contributed by atoms with E-state index in [1.807, 2.05) is 55.4 Å². The lowest BCUT2D eigenvalue weighted by Gasteiger charge is -2.04. The minimum absolute atomic E-state index is 1.11. The van der Waals surface area contributed by atoms with Gasteiger partial charge in [-0.05, 0) is 35.1 Å². The van der Waals surface area contributed by atoms with Gasteiger partial charge in [-0.15, -0.1) is 0 Å². The number of rotatable bonds is 3. The third-order valence-electron chi connectivity index (χ3n) is 3.06. The van der Waals surface area contributed by atoms with E-state index in [0.29, 0.717) is 0 Å². The van der Waals surface area contributed by atoms with Crippen LogP contribution in [0, 0.1) is 0 Å². The minimum atomic E-state index is 1.11. The molecular weight excluding hydrogens is 288 g/mol. The molecule has 0 spiro atoms. The number of hydrogen-bond donors (Lipinski definition) is 0. The van der Waals surface area contributed by atoms with Crippen molar-refractivity contribution in [3.63, 3.8) is 0 Å². The average molecular weight is 331 g/mol. The van der Waals surface area contributed by atoms with E-state index in [-0.39, 0.29) is 0 Å². The predicted molar refractivity (Wildman–Crippen MR) is 116 cm³/mol. The van der Waals surface area contributed by atoms with Crippen molar-refractivity contribution in [2.75, 3.05) is 0 Å². The smallest absolute Gasteiger partial charge is 0.0184 e. The van der Waals surface area contributed by atoms with Gasteiger partial charge in [0.25, 0.3) is 0 Å². The SMILES string of the molecule is CC.CC.CC.CC.CCc1ccc(-c2ccc(CC)cc2)cc1. The maximum absolute atomic E-state index is 2.21. The summed E-state index contributed by atoms with van der Waals surface area (Å²) in [6, 6.07) is 17.7. The van der Waals surface area contributed by atoms with E-state index < -0.39 is 0 Å². The molecule has 0 atom stereocenters. The van der Waals surface area contributed by atoms with Gasteiger partial charge in [-0.1, -0.05) is 118 Å². The van der Waals surface area contributed by atoms with E-state index in [1.165, 1.54) is 22.3 Å². The van der Waals surface area contributed by atoms with E-state index >= 15 is 0 Å². The van der Waals surface area contributed by atoms with Gasteiger partial charge >= 0.3 is 0 Å². The molecule has 0 nitrogen and oxygen atoms in total. The summed E-state index contributed by atoms with van der Waals surface area (Å²) in [6.07, 6.45) is 2.21. The van der Waals surface area contributed by atoms with Crippen LogP contribution in [0.1, 0.15) is 80.4 Å². The molecule has 0 fully saturated rings. The topological polar surface area (TPSA) is 0 Å². The lowest BCUT2D eigenvalue weighted by Crippen LogP contribution is -1.83. The molecule has 0 saturated carbocycles. The third kappa shape index (κ3) is 11.0. The van der Waals surface area contributed by atoms with Gasteiger partial charge in [0, 0.05) is 0 Å². The van der Waals surface area contributed by atoms with Gasteiger partial charge in [-0.2, -0.15) is 0 Å². The Labute approximate surface area is 153 Å². The van der Waals surface area contributed by atoms with E-state index in [2.05, 4.69) is 62.4 Å². The maximum atomic E-state index is 2.21. The van der Waals surface area contributed by atoms with Crippen LogP contribution in [-0.2, 0) is 12.8 Å². The van der Waals surface area contributed by atoms with Crippen molar-refractivity contribution in [2.24, 2.45) is 0 Å². The van der Waals surface area contributed by atoms with Crippen molar-refractivity contribution in [3.05, 3.63) is 59.7 Å². The third-order valence-corrected chi connectivity index (χ3v) is 3.06. The van der Waals surface area contributed by atoms with E-state index in [4.69, 9.17) is 0 Å². The van der Waals surface area contributed by atoms with Gasteiger partial charge in [0.1, 0.15) is 0 Å². The molecule has 24 heavy (non-hydrogen) atoms. The average Bonchev–Trinajstić information content (AvgIpc) is 2.74. The first-order valence-electron chi connectivity index (χ1n) is 10.0. The van der Waals surface area contributed by atoms with Crippen LogP contribution in [-0.4, -0.2) is 0 Å². The first-order valence-corrected chi connectivity index (χ1v) is 10.0. The van der Waals surface area contributed by atoms with Crippen LogP contribution in [0.15, 0.2) is 48.5 Å². The van der Waals surface area contributed by atoms with Crippen LogP contribution >= 0.6 is 0 Å². The Hall–Kier alpha value is -1.56. The Kier molecular flexibility index (Phi) is 24.4. The van der Waals surface area contributed by atoms with E-state index in [9.17, 15) is 0 Å². The Morgan fingerprint density at radius 3 is 0.792 bits per heavy atom. The molecule has 0 aliphatic heterocycles. The molecule has 0 aliphatic rings. The van der Waals surface area contributed by atoms with Crippen molar-refractivity contribution in [1.29, 1.82) is 0 Å². The molecule has 0 aromatic heterocycles. The second kappa shape index (κ2) is 21.4. The zero-order valence-corrected chi connectivity index (χ0v) is 18.0. The summed E-state index contributed by atoms with van der Waals surface area (Å²) in [5.41, 5.74) is 5.41. The molecule has 2 aromatic carbocycles. The molecule has 0 amide bonds. The Morgan fingerprint density at radius 2 is 0.625 bits per heavy atom. The van der Waals surface area contributed by atoms with Gasteiger partial charge in [0.2, 0.25) is 0 Å². The van der Waals surface area contributed by atoms with E-state index in [0.717, 1.165) is 12.8 Å². The molecule has 0 unspecified atom stereocenters. The normalized spacial score (nSPS) is 7.92. The standard InChI is InChI=1S/C16H18.4C2H6/c1-3-13-5-9-15(10-6-13)16-11-7-14(4-2)8-12-16;4*1-2/h5-12H,3-4H2,1-2H3;4*1-2H3. The molecular formula is C24H42. The minimum Gasteiger partial charge on any atom is -0.0683 e. The van der Waals surface area contributed by atoms with Gasteiger partial charge < -0.3 is 0 Å². The summed E-state index contributed by atoms with van der Waals surface area (Å²) in [5.74, 6) is 0. The molecule has 2 aromatic rings. The second-order valence-corrected chi connectivity index (χ2v) is 4.10. The Bertz CT molecular complexity index is 389. The van der Waals surface area contributed by atoms with Crippen molar-refractivity contribution >= 4 is 0 Å². The second-order valence-electron chi connectivity index (χ2n) is 4.10. The highest BCUT2D eigenvalue weighted by atomic mass is 14.0. The monoisotopic (exact) mass is 330 g/mol. The molecule has 138 valence electrons. The van der Waals surface area contributed by atoms with Crippen molar-refractivity contribution in [3.8, 4) is 11.1 Å². The van der Waals surface area contributed by atoms with Crippen LogP contribution in [0.2, 0.25) is 0 Å². The largest absolute Gasteiger partial charge is 0.0683 e. The van der Waals surface area contributed by atoms with E-state index in [1.54, 1.807) is 0 Å². The molecule has 0 bridgehead atoms. The predicted octanol–water partition coefficient (Wildman–Crippen LogP) is 8.58. The summed E-state index contributed by atoms with van der Waals surface area (Å²) in [4.78, 5) is 0. The highest BCUT2D eigenvalue weighted by molar-refractivity contribution is 5.63. The van der Waals surface area contributed by atoms with Gasteiger partial charge in [0.15, 0.2) is 0 Å². The molecule has 0 heterocycles. The first kappa shape index (κ1) is 27.3. The van der Waals surface area contributed by atoms with Crippen molar-refractivity contribution in [2.45, 2.75) is 82.1 Å². The lowest BCUT2D eigenvalue weighted by molar-refractivity contribution is 1.14. The van der Waals surface area contributed by atoms with Crippen LogP contribution in [0.4, 0.5) is 0 Å². The summed E-state index contributed by atoms with van der Waals surface area (Å²) >= 11 is 0. The highest BCUT2D eigenvalue weighted by Crippen LogP contribution is 2.20. The van der Waals surface area contributed by atoms with Crippen molar-refractivity contribution in [1.82, 2.24) is 0 Å². The summed E-state index contributed by atoms with van der Waals surface area (Å²) in [7, 11) is 0. The highest BCUT2D eigenvalue weighted by Gasteiger charge is 1.97. The molecule has 0 radical (unpaired) electrons. The first-order chi connectivity index (χ1) is 11.8. The Morgan fingerprint density at radius 1 is 0.417 bits per heavy atom. The number of aryl methyl sites for hydroxylation is 2. The fraction of sp³-hybridized carbons (Fsp3) is 0.500. The zero-order chi connectivity index (χ0) is 19.4. The molecule has 0 N–H and O–H groups in total.